The van der Waals surface area contributed by atoms with E-state index in [2.05, 4.69) is 40.8 Å². The molecule has 2 heteroatoms. The van der Waals surface area contributed by atoms with Gasteiger partial charge < -0.3 is 10.3 Å². The molecule has 17 heavy (non-hydrogen) atoms. The number of fused-ring (bicyclic) bond motifs is 1. The maximum Gasteiger partial charge on any atom is 0.0456 e. The van der Waals surface area contributed by atoms with Gasteiger partial charge in [-0.05, 0) is 49.8 Å². The van der Waals surface area contributed by atoms with E-state index < -0.39 is 0 Å². The first-order valence-corrected chi connectivity index (χ1v) is 6.65. The molecule has 3 aliphatic carbocycles. The van der Waals surface area contributed by atoms with Crippen LogP contribution >= 0.6 is 0 Å². The lowest BCUT2D eigenvalue weighted by Gasteiger charge is -2.62. The van der Waals surface area contributed by atoms with Gasteiger partial charge >= 0.3 is 0 Å². The Morgan fingerprint density at radius 2 is 2.06 bits per heavy atom. The van der Waals surface area contributed by atoms with Crippen molar-refractivity contribution in [2.24, 2.45) is 5.92 Å². The molecule has 5 rings (SSSR count). The third kappa shape index (κ3) is 1.44. The molecular weight excluding hydrogens is 208 g/mol. The molecule has 1 aromatic heterocycles. The molecule has 2 aromatic rings. The number of H-pyrrole nitrogens is 1. The van der Waals surface area contributed by atoms with E-state index in [0.717, 1.165) is 18.9 Å². The van der Waals surface area contributed by atoms with Crippen molar-refractivity contribution < 1.29 is 0 Å². The summed E-state index contributed by atoms with van der Waals surface area (Å²) in [7, 11) is 0. The van der Waals surface area contributed by atoms with Gasteiger partial charge in [0.25, 0.3) is 0 Å². The highest BCUT2D eigenvalue weighted by Gasteiger charge is 2.55. The summed E-state index contributed by atoms with van der Waals surface area (Å²) in [4.78, 5) is 3.35. The Morgan fingerprint density at radius 3 is 2.82 bits per heavy atom. The Labute approximate surface area is 101 Å². The molecule has 88 valence electrons. The normalized spacial score (nSPS) is 30.0. The van der Waals surface area contributed by atoms with Gasteiger partial charge in [-0.15, -0.1) is 0 Å². The molecule has 1 aromatic carbocycles. The zero-order chi connectivity index (χ0) is 11.3. The minimum absolute atomic E-state index is 0.566. The third-order valence-corrected chi connectivity index (χ3v) is 4.61. The first-order chi connectivity index (χ1) is 8.35. The van der Waals surface area contributed by atoms with E-state index in [1.54, 1.807) is 0 Å². The van der Waals surface area contributed by atoms with E-state index in [1.165, 1.54) is 35.7 Å². The van der Waals surface area contributed by atoms with E-state index in [1.807, 2.05) is 0 Å². The second kappa shape index (κ2) is 3.36. The Balaban J connectivity index is 1.44. The third-order valence-electron chi connectivity index (χ3n) is 4.61. The average Bonchev–Trinajstić information content (AvgIpc) is 2.64. The molecule has 3 aliphatic rings. The predicted octanol–water partition coefficient (Wildman–Crippen LogP) is 2.85. The lowest BCUT2D eigenvalue weighted by Crippen LogP contribution is -2.67. The second-order valence-electron chi connectivity index (χ2n) is 5.80. The van der Waals surface area contributed by atoms with Crippen molar-refractivity contribution in [3.8, 4) is 0 Å². The molecule has 0 amide bonds. The maximum absolute atomic E-state index is 3.75. The number of benzene rings is 1. The van der Waals surface area contributed by atoms with Crippen LogP contribution in [0.1, 0.15) is 24.8 Å². The molecule has 0 aliphatic heterocycles. The summed E-state index contributed by atoms with van der Waals surface area (Å²) in [6, 6.07) is 8.56. The molecule has 3 fully saturated rings. The van der Waals surface area contributed by atoms with Gasteiger partial charge in [-0.2, -0.15) is 0 Å². The SMILES string of the molecule is c1ccc2c(CCNC34CC(C3)C4)c[nH]c2c1. The lowest BCUT2D eigenvalue weighted by atomic mass is 9.50. The predicted molar refractivity (Wildman–Crippen MR) is 70.1 cm³/mol. The summed E-state index contributed by atoms with van der Waals surface area (Å²) in [6.07, 6.45) is 7.59. The monoisotopic (exact) mass is 226 g/mol. The molecule has 1 heterocycles. The van der Waals surface area contributed by atoms with Crippen LogP contribution in [0, 0.1) is 5.92 Å². The largest absolute Gasteiger partial charge is 0.361 e. The molecule has 0 atom stereocenters. The van der Waals surface area contributed by atoms with Crippen LogP contribution in [-0.2, 0) is 6.42 Å². The number of para-hydroxylation sites is 1. The number of aromatic nitrogens is 1. The smallest absolute Gasteiger partial charge is 0.0456 e. The number of rotatable bonds is 4. The van der Waals surface area contributed by atoms with E-state index in [-0.39, 0.29) is 0 Å². The molecular formula is C15H18N2. The Morgan fingerprint density at radius 1 is 1.24 bits per heavy atom. The van der Waals surface area contributed by atoms with Crippen molar-refractivity contribution in [1.29, 1.82) is 0 Å². The highest BCUT2D eigenvalue weighted by Crippen LogP contribution is 2.56. The fourth-order valence-corrected chi connectivity index (χ4v) is 3.50. The summed E-state index contributed by atoms with van der Waals surface area (Å²) in [5.41, 5.74) is 3.27. The van der Waals surface area contributed by atoms with Gasteiger partial charge in [-0.25, -0.2) is 0 Å². The van der Waals surface area contributed by atoms with Crippen LogP contribution in [0.2, 0.25) is 0 Å². The average molecular weight is 226 g/mol. The number of nitrogens with one attached hydrogen (secondary N) is 2. The van der Waals surface area contributed by atoms with Crippen LogP contribution in [0.25, 0.3) is 10.9 Å². The number of hydrogen-bond donors (Lipinski definition) is 2. The van der Waals surface area contributed by atoms with Gasteiger partial charge in [-0.1, -0.05) is 18.2 Å². The molecule has 0 radical (unpaired) electrons. The molecule has 2 bridgehead atoms. The molecule has 2 N–H and O–H groups in total. The summed E-state index contributed by atoms with van der Waals surface area (Å²) in [5, 5.41) is 5.13. The van der Waals surface area contributed by atoms with E-state index >= 15 is 0 Å². The van der Waals surface area contributed by atoms with Crippen molar-refractivity contribution in [2.45, 2.75) is 31.2 Å². The molecule has 2 nitrogen and oxygen atoms in total. The summed E-state index contributed by atoms with van der Waals surface area (Å²) >= 11 is 0. The van der Waals surface area contributed by atoms with Crippen LogP contribution in [-0.4, -0.2) is 17.1 Å². The fraction of sp³-hybridized carbons (Fsp3) is 0.467. The van der Waals surface area contributed by atoms with Crippen molar-refractivity contribution in [1.82, 2.24) is 10.3 Å². The molecule has 3 saturated carbocycles. The Bertz CT molecular complexity index is 538. The molecule has 0 spiro atoms. The van der Waals surface area contributed by atoms with E-state index in [4.69, 9.17) is 0 Å². The van der Waals surface area contributed by atoms with Gasteiger partial charge in [-0.3, -0.25) is 0 Å². The minimum Gasteiger partial charge on any atom is -0.361 e. The Hall–Kier alpha value is -1.28. The number of hydrogen-bond acceptors (Lipinski definition) is 1. The summed E-state index contributed by atoms with van der Waals surface area (Å²) in [6.45, 7) is 1.12. The zero-order valence-corrected chi connectivity index (χ0v) is 10.00. The highest BCUT2D eigenvalue weighted by atomic mass is 15.0. The highest BCUT2D eigenvalue weighted by molar-refractivity contribution is 5.83. The first kappa shape index (κ1) is 9.72. The fourth-order valence-electron chi connectivity index (χ4n) is 3.50. The Kier molecular flexibility index (Phi) is 1.92. The zero-order valence-electron chi connectivity index (χ0n) is 10.00. The van der Waals surface area contributed by atoms with E-state index in [9.17, 15) is 0 Å². The first-order valence-electron chi connectivity index (χ1n) is 6.65. The van der Waals surface area contributed by atoms with Gasteiger partial charge in [0.1, 0.15) is 0 Å². The van der Waals surface area contributed by atoms with Crippen LogP contribution in [0.15, 0.2) is 30.5 Å². The quantitative estimate of drug-likeness (QED) is 0.824. The lowest BCUT2D eigenvalue weighted by molar-refractivity contribution is -0.0498. The van der Waals surface area contributed by atoms with Gasteiger partial charge in [0.05, 0.1) is 0 Å². The molecule has 0 unspecified atom stereocenters. The topological polar surface area (TPSA) is 27.8 Å². The van der Waals surface area contributed by atoms with Gasteiger partial charge in [0, 0.05) is 22.6 Å². The summed E-state index contributed by atoms with van der Waals surface area (Å²) < 4.78 is 0. The van der Waals surface area contributed by atoms with Crippen molar-refractivity contribution in [3.63, 3.8) is 0 Å². The summed E-state index contributed by atoms with van der Waals surface area (Å²) in [5.74, 6) is 1.07. The minimum atomic E-state index is 0.566. The van der Waals surface area contributed by atoms with Gasteiger partial charge in [0.2, 0.25) is 0 Å². The van der Waals surface area contributed by atoms with E-state index in [0.29, 0.717) is 5.54 Å². The van der Waals surface area contributed by atoms with Crippen molar-refractivity contribution in [3.05, 3.63) is 36.0 Å². The van der Waals surface area contributed by atoms with Crippen LogP contribution in [0.4, 0.5) is 0 Å². The maximum atomic E-state index is 3.75. The van der Waals surface area contributed by atoms with Crippen LogP contribution < -0.4 is 5.32 Å². The standard InChI is InChI=1S/C15H18N2/c1-2-4-14-13(3-1)12(10-16-14)5-6-17-15-7-11(8-15)9-15/h1-4,10-11,16-17H,5-9H2. The van der Waals surface area contributed by atoms with Crippen LogP contribution in [0.3, 0.4) is 0 Å². The second-order valence-corrected chi connectivity index (χ2v) is 5.80. The van der Waals surface area contributed by atoms with Gasteiger partial charge in [0.15, 0.2) is 0 Å². The van der Waals surface area contributed by atoms with Crippen molar-refractivity contribution >= 4 is 10.9 Å². The van der Waals surface area contributed by atoms with Crippen LogP contribution in [0.5, 0.6) is 0 Å². The molecule has 0 saturated heterocycles. The number of aromatic amines is 1. The van der Waals surface area contributed by atoms with Crippen molar-refractivity contribution in [2.75, 3.05) is 6.54 Å².